The van der Waals surface area contributed by atoms with E-state index in [1.54, 1.807) is 18.2 Å². The lowest BCUT2D eigenvalue weighted by atomic mass is 10.1. The van der Waals surface area contributed by atoms with Crippen molar-refractivity contribution in [2.75, 3.05) is 11.9 Å². The second-order valence-electron chi connectivity index (χ2n) is 5.58. The Bertz CT molecular complexity index is 851. The minimum atomic E-state index is -3.59. The lowest BCUT2D eigenvalue weighted by Gasteiger charge is -2.10. The van der Waals surface area contributed by atoms with Gasteiger partial charge in [-0.3, -0.25) is 4.79 Å². The van der Waals surface area contributed by atoms with Gasteiger partial charge in [0.1, 0.15) is 0 Å². The Morgan fingerprint density at radius 2 is 1.88 bits per heavy atom. The molecule has 0 saturated carbocycles. The van der Waals surface area contributed by atoms with Gasteiger partial charge in [0.15, 0.2) is 0 Å². The molecule has 0 aliphatic carbocycles. The maximum absolute atomic E-state index is 12.1. The summed E-state index contributed by atoms with van der Waals surface area (Å²) in [6.45, 7) is 3.51. The molecule has 0 heterocycles. The topological polar surface area (TPSA) is 75.3 Å². The number of halogens is 1. The molecule has 0 radical (unpaired) electrons. The molecule has 2 aromatic carbocycles. The van der Waals surface area contributed by atoms with E-state index in [1.807, 2.05) is 38.1 Å². The van der Waals surface area contributed by atoms with E-state index in [9.17, 15) is 13.2 Å². The van der Waals surface area contributed by atoms with Crippen LogP contribution in [0.4, 0.5) is 5.69 Å². The SMILES string of the molecule is Cc1ccc(C)c(NC(=O)CNS(=O)(=O)Cc2cccc(Br)c2)c1. The van der Waals surface area contributed by atoms with Crippen molar-refractivity contribution in [3.05, 3.63) is 63.6 Å². The Morgan fingerprint density at radius 3 is 2.58 bits per heavy atom. The summed E-state index contributed by atoms with van der Waals surface area (Å²) in [5.41, 5.74) is 3.27. The summed E-state index contributed by atoms with van der Waals surface area (Å²) in [5.74, 6) is -0.579. The number of carbonyl (C=O) groups is 1. The molecule has 128 valence electrons. The molecule has 0 fully saturated rings. The maximum atomic E-state index is 12.1. The average molecular weight is 411 g/mol. The number of rotatable bonds is 6. The highest BCUT2D eigenvalue weighted by Gasteiger charge is 2.14. The molecule has 0 unspecified atom stereocenters. The first kappa shape index (κ1) is 18.6. The molecule has 0 spiro atoms. The van der Waals surface area contributed by atoms with Crippen LogP contribution in [0.1, 0.15) is 16.7 Å². The molecule has 0 aliphatic heterocycles. The quantitative estimate of drug-likeness (QED) is 0.767. The number of sulfonamides is 1. The third kappa shape index (κ3) is 5.74. The fourth-order valence-corrected chi connectivity index (χ4v) is 3.66. The van der Waals surface area contributed by atoms with Gasteiger partial charge in [0.05, 0.1) is 12.3 Å². The predicted molar refractivity (Wildman–Crippen MR) is 99.3 cm³/mol. The Hall–Kier alpha value is -1.70. The van der Waals surface area contributed by atoms with Crippen LogP contribution in [-0.2, 0) is 20.6 Å². The lowest BCUT2D eigenvalue weighted by molar-refractivity contribution is -0.115. The first-order valence-corrected chi connectivity index (χ1v) is 9.78. The largest absolute Gasteiger partial charge is 0.325 e. The summed E-state index contributed by atoms with van der Waals surface area (Å²) in [7, 11) is -3.59. The van der Waals surface area contributed by atoms with Gasteiger partial charge >= 0.3 is 0 Å². The third-order valence-corrected chi connectivity index (χ3v) is 5.16. The number of aryl methyl sites for hydroxylation is 2. The number of amides is 1. The van der Waals surface area contributed by atoms with Gasteiger partial charge in [0.2, 0.25) is 15.9 Å². The average Bonchev–Trinajstić information content (AvgIpc) is 2.49. The number of benzene rings is 2. The van der Waals surface area contributed by atoms with Crippen molar-refractivity contribution in [1.82, 2.24) is 4.72 Å². The molecular weight excluding hydrogens is 392 g/mol. The number of hydrogen-bond donors (Lipinski definition) is 2. The molecule has 0 atom stereocenters. The van der Waals surface area contributed by atoms with E-state index >= 15 is 0 Å². The predicted octanol–water partition coefficient (Wildman–Crippen LogP) is 3.12. The summed E-state index contributed by atoms with van der Waals surface area (Å²) < 4.78 is 27.3. The van der Waals surface area contributed by atoms with Gasteiger partial charge < -0.3 is 5.32 Å². The highest BCUT2D eigenvalue weighted by molar-refractivity contribution is 9.10. The molecule has 2 aromatic rings. The molecule has 24 heavy (non-hydrogen) atoms. The van der Waals surface area contributed by atoms with E-state index in [0.717, 1.165) is 15.6 Å². The molecule has 0 aromatic heterocycles. The molecule has 1 amide bonds. The molecule has 2 rings (SSSR count). The van der Waals surface area contributed by atoms with Crippen LogP contribution in [0.3, 0.4) is 0 Å². The van der Waals surface area contributed by atoms with Crippen LogP contribution in [0, 0.1) is 13.8 Å². The third-order valence-electron chi connectivity index (χ3n) is 3.37. The molecular formula is C17H19BrN2O3S. The van der Waals surface area contributed by atoms with Gasteiger partial charge in [-0.25, -0.2) is 13.1 Å². The van der Waals surface area contributed by atoms with E-state index in [1.165, 1.54) is 0 Å². The standard InChI is InChI=1S/C17H19BrN2O3S/c1-12-6-7-13(2)16(8-12)20-17(21)10-19-24(22,23)11-14-4-3-5-15(18)9-14/h3-9,19H,10-11H2,1-2H3,(H,20,21). The van der Waals surface area contributed by atoms with Crippen molar-refractivity contribution in [1.29, 1.82) is 0 Å². The highest BCUT2D eigenvalue weighted by atomic mass is 79.9. The summed E-state index contributed by atoms with van der Waals surface area (Å²) in [4.78, 5) is 12.0. The van der Waals surface area contributed by atoms with Crippen molar-refractivity contribution >= 4 is 37.5 Å². The molecule has 7 heteroatoms. The monoisotopic (exact) mass is 410 g/mol. The minimum Gasteiger partial charge on any atom is -0.325 e. The van der Waals surface area contributed by atoms with Crippen molar-refractivity contribution < 1.29 is 13.2 Å². The van der Waals surface area contributed by atoms with Crippen molar-refractivity contribution in [2.24, 2.45) is 0 Å². The first-order chi connectivity index (χ1) is 11.2. The minimum absolute atomic E-state index is 0.177. The Balaban J connectivity index is 1.94. The Labute approximate surface area is 150 Å². The van der Waals surface area contributed by atoms with Gasteiger partial charge in [-0.15, -0.1) is 0 Å². The van der Waals surface area contributed by atoms with Gasteiger partial charge in [0.25, 0.3) is 0 Å². The zero-order chi connectivity index (χ0) is 17.7. The first-order valence-electron chi connectivity index (χ1n) is 7.34. The van der Waals surface area contributed by atoms with E-state index < -0.39 is 15.9 Å². The molecule has 0 aliphatic rings. The van der Waals surface area contributed by atoms with Crippen LogP contribution in [0.25, 0.3) is 0 Å². The Kier molecular flexibility index (Phi) is 6.15. The van der Waals surface area contributed by atoms with Crippen molar-refractivity contribution in [3.8, 4) is 0 Å². The highest BCUT2D eigenvalue weighted by Crippen LogP contribution is 2.16. The van der Waals surface area contributed by atoms with Crippen LogP contribution in [0.5, 0.6) is 0 Å². The van der Waals surface area contributed by atoms with Crippen LogP contribution in [0.2, 0.25) is 0 Å². The van der Waals surface area contributed by atoms with Crippen LogP contribution < -0.4 is 10.0 Å². The zero-order valence-corrected chi connectivity index (χ0v) is 15.9. The Morgan fingerprint density at radius 1 is 1.12 bits per heavy atom. The number of hydrogen-bond acceptors (Lipinski definition) is 3. The zero-order valence-electron chi connectivity index (χ0n) is 13.5. The summed E-state index contributed by atoms with van der Waals surface area (Å²) in [6, 6.07) is 12.7. The van der Waals surface area contributed by atoms with E-state index in [2.05, 4.69) is 26.0 Å². The summed E-state index contributed by atoms with van der Waals surface area (Å²) in [6.07, 6.45) is 0. The fourth-order valence-electron chi connectivity index (χ4n) is 2.14. The van der Waals surface area contributed by atoms with Gasteiger partial charge in [-0.1, -0.05) is 40.2 Å². The van der Waals surface area contributed by atoms with Crippen LogP contribution in [0.15, 0.2) is 46.9 Å². The van der Waals surface area contributed by atoms with Gasteiger partial charge in [-0.2, -0.15) is 0 Å². The number of nitrogens with one attached hydrogen (secondary N) is 2. The second kappa shape index (κ2) is 7.92. The summed E-state index contributed by atoms with van der Waals surface area (Å²) in [5, 5.41) is 2.72. The smallest absolute Gasteiger partial charge is 0.239 e. The fraction of sp³-hybridized carbons (Fsp3) is 0.235. The van der Waals surface area contributed by atoms with Crippen LogP contribution >= 0.6 is 15.9 Å². The van der Waals surface area contributed by atoms with E-state index in [-0.39, 0.29) is 12.3 Å². The van der Waals surface area contributed by atoms with E-state index in [0.29, 0.717) is 11.3 Å². The number of anilines is 1. The molecule has 0 saturated heterocycles. The second-order valence-corrected chi connectivity index (χ2v) is 8.30. The molecule has 0 bridgehead atoms. The van der Waals surface area contributed by atoms with Crippen molar-refractivity contribution in [2.45, 2.75) is 19.6 Å². The maximum Gasteiger partial charge on any atom is 0.239 e. The summed E-state index contributed by atoms with van der Waals surface area (Å²) >= 11 is 3.30. The molecule has 2 N–H and O–H groups in total. The normalized spacial score (nSPS) is 11.3. The lowest BCUT2D eigenvalue weighted by Crippen LogP contribution is -2.33. The molecule has 5 nitrogen and oxygen atoms in total. The van der Waals surface area contributed by atoms with Crippen LogP contribution in [-0.4, -0.2) is 20.9 Å². The van der Waals surface area contributed by atoms with Crippen molar-refractivity contribution in [3.63, 3.8) is 0 Å². The van der Waals surface area contributed by atoms with E-state index in [4.69, 9.17) is 0 Å². The van der Waals surface area contributed by atoms with Gasteiger partial charge in [-0.05, 0) is 48.7 Å². The number of carbonyl (C=O) groups excluding carboxylic acids is 1. The van der Waals surface area contributed by atoms with Gasteiger partial charge in [0, 0.05) is 10.2 Å².